The number of sulfonamides is 1. The topological polar surface area (TPSA) is 93.7 Å². The standard InChI is InChI=1S/C16H22N2O5S/c1-10(19)17-11-3-5-12(6-4-11)24(20,21)18-15-13-7-8-23-16(13)14(15)9-22-2/h3-6,13-16,18H,7-9H2,1-2H3,(H,17,19)/t13-,14-,15-,16-/m1/s1. The minimum absolute atomic E-state index is 0.0379. The Morgan fingerprint density at radius 3 is 2.67 bits per heavy atom. The van der Waals surface area contributed by atoms with Crippen LogP contribution in [0, 0.1) is 11.8 Å². The van der Waals surface area contributed by atoms with Gasteiger partial charge in [0.25, 0.3) is 0 Å². The average Bonchev–Trinajstić information content (AvgIpc) is 2.95. The molecule has 0 bridgehead atoms. The lowest BCUT2D eigenvalue weighted by atomic mass is 9.68. The van der Waals surface area contributed by atoms with Gasteiger partial charge in [-0.3, -0.25) is 4.79 Å². The molecular weight excluding hydrogens is 332 g/mol. The number of methoxy groups -OCH3 is 1. The van der Waals surface area contributed by atoms with E-state index in [0.29, 0.717) is 18.9 Å². The number of rotatable bonds is 6. The number of amides is 1. The molecule has 1 aliphatic heterocycles. The van der Waals surface area contributed by atoms with Crippen LogP contribution in [0.25, 0.3) is 0 Å². The molecule has 132 valence electrons. The van der Waals surface area contributed by atoms with Gasteiger partial charge >= 0.3 is 0 Å². The molecule has 7 nitrogen and oxygen atoms in total. The van der Waals surface area contributed by atoms with Crippen LogP contribution in [0.15, 0.2) is 29.2 Å². The van der Waals surface area contributed by atoms with E-state index in [4.69, 9.17) is 9.47 Å². The van der Waals surface area contributed by atoms with Crippen molar-refractivity contribution in [1.29, 1.82) is 0 Å². The van der Waals surface area contributed by atoms with Crippen molar-refractivity contribution in [1.82, 2.24) is 4.72 Å². The SMILES string of the molecule is COC[C@@H]1[C@H](NS(=O)(=O)c2ccc(NC(C)=O)cc2)[C@H]2CCO[C@H]21. The van der Waals surface area contributed by atoms with Crippen molar-refractivity contribution in [3.8, 4) is 0 Å². The number of hydrogen-bond acceptors (Lipinski definition) is 5. The monoisotopic (exact) mass is 354 g/mol. The molecule has 1 aromatic carbocycles. The molecule has 3 rings (SSSR count). The fourth-order valence-electron chi connectivity index (χ4n) is 3.56. The van der Waals surface area contributed by atoms with E-state index in [0.717, 1.165) is 6.42 Å². The van der Waals surface area contributed by atoms with Crippen LogP contribution in [0.3, 0.4) is 0 Å². The van der Waals surface area contributed by atoms with Gasteiger partial charge in [0.05, 0.1) is 17.6 Å². The van der Waals surface area contributed by atoms with Crippen LogP contribution in [0.2, 0.25) is 0 Å². The van der Waals surface area contributed by atoms with Gasteiger partial charge in [0.1, 0.15) is 0 Å². The molecule has 1 saturated carbocycles. The molecular formula is C16H22N2O5S. The number of nitrogens with one attached hydrogen (secondary N) is 2. The normalized spacial score (nSPS) is 28.9. The number of fused-ring (bicyclic) bond motifs is 1. The van der Waals surface area contributed by atoms with Gasteiger partial charge in [-0.25, -0.2) is 13.1 Å². The van der Waals surface area contributed by atoms with Gasteiger partial charge in [-0.15, -0.1) is 0 Å². The van der Waals surface area contributed by atoms with E-state index in [9.17, 15) is 13.2 Å². The quantitative estimate of drug-likeness (QED) is 0.794. The number of ether oxygens (including phenoxy) is 2. The zero-order valence-corrected chi connectivity index (χ0v) is 14.5. The minimum Gasteiger partial charge on any atom is -0.384 e. The highest BCUT2D eigenvalue weighted by molar-refractivity contribution is 7.89. The summed E-state index contributed by atoms with van der Waals surface area (Å²) in [7, 11) is -2.02. The second-order valence-corrected chi connectivity index (χ2v) is 7.97. The smallest absolute Gasteiger partial charge is 0.240 e. The zero-order valence-electron chi connectivity index (χ0n) is 13.7. The van der Waals surface area contributed by atoms with Crippen molar-refractivity contribution in [3.63, 3.8) is 0 Å². The molecule has 1 aromatic rings. The van der Waals surface area contributed by atoms with Crippen molar-refractivity contribution in [2.75, 3.05) is 25.6 Å². The molecule has 1 saturated heterocycles. The average molecular weight is 354 g/mol. The lowest BCUT2D eigenvalue weighted by Crippen LogP contribution is -2.62. The summed E-state index contributed by atoms with van der Waals surface area (Å²) < 4.78 is 38.9. The maximum absolute atomic E-state index is 12.6. The number of benzene rings is 1. The molecule has 4 atom stereocenters. The van der Waals surface area contributed by atoms with Crippen molar-refractivity contribution in [2.24, 2.45) is 11.8 Å². The van der Waals surface area contributed by atoms with Gasteiger partial charge < -0.3 is 14.8 Å². The first kappa shape index (κ1) is 17.3. The van der Waals surface area contributed by atoms with E-state index in [1.165, 1.54) is 19.1 Å². The summed E-state index contributed by atoms with van der Waals surface area (Å²) >= 11 is 0. The summed E-state index contributed by atoms with van der Waals surface area (Å²) in [5.41, 5.74) is 0.562. The first-order valence-electron chi connectivity index (χ1n) is 7.93. The Morgan fingerprint density at radius 1 is 1.33 bits per heavy atom. The van der Waals surface area contributed by atoms with Crippen LogP contribution < -0.4 is 10.0 Å². The predicted molar refractivity (Wildman–Crippen MR) is 88.1 cm³/mol. The van der Waals surface area contributed by atoms with Gasteiger partial charge in [0.2, 0.25) is 15.9 Å². The summed E-state index contributed by atoms with van der Waals surface area (Å²) in [5.74, 6) is 0.0439. The van der Waals surface area contributed by atoms with Crippen LogP contribution in [-0.4, -0.2) is 46.8 Å². The first-order chi connectivity index (χ1) is 11.4. The largest absolute Gasteiger partial charge is 0.384 e. The zero-order chi connectivity index (χ0) is 17.3. The van der Waals surface area contributed by atoms with Gasteiger partial charge in [-0.05, 0) is 30.7 Å². The maximum Gasteiger partial charge on any atom is 0.240 e. The highest BCUT2D eigenvalue weighted by Crippen LogP contribution is 2.44. The molecule has 2 N–H and O–H groups in total. The lowest BCUT2D eigenvalue weighted by Gasteiger charge is -2.47. The summed E-state index contributed by atoms with van der Waals surface area (Å²) in [6, 6.07) is 5.95. The molecule has 0 spiro atoms. The van der Waals surface area contributed by atoms with Crippen LogP contribution in [0.1, 0.15) is 13.3 Å². The molecule has 0 radical (unpaired) electrons. The molecule has 1 heterocycles. The molecule has 0 aromatic heterocycles. The van der Waals surface area contributed by atoms with Crippen LogP contribution in [0.4, 0.5) is 5.69 Å². The third kappa shape index (κ3) is 3.32. The van der Waals surface area contributed by atoms with E-state index in [2.05, 4.69) is 10.0 Å². The molecule has 1 aliphatic carbocycles. The molecule has 0 unspecified atom stereocenters. The minimum atomic E-state index is -3.63. The summed E-state index contributed by atoms with van der Waals surface area (Å²) in [5, 5.41) is 2.61. The molecule has 1 amide bonds. The Kier molecular flexibility index (Phi) is 4.91. The van der Waals surface area contributed by atoms with Gasteiger partial charge in [-0.2, -0.15) is 0 Å². The highest BCUT2D eigenvalue weighted by atomic mass is 32.2. The maximum atomic E-state index is 12.6. The lowest BCUT2D eigenvalue weighted by molar-refractivity contribution is -0.114. The molecule has 8 heteroatoms. The summed E-state index contributed by atoms with van der Waals surface area (Å²) in [6.45, 7) is 2.54. The Morgan fingerprint density at radius 2 is 2.04 bits per heavy atom. The van der Waals surface area contributed by atoms with Crippen LogP contribution >= 0.6 is 0 Å². The van der Waals surface area contributed by atoms with E-state index < -0.39 is 10.0 Å². The van der Waals surface area contributed by atoms with E-state index in [1.807, 2.05) is 0 Å². The van der Waals surface area contributed by atoms with E-state index in [1.54, 1.807) is 19.2 Å². The third-order valence-corrected chi connectivity index (χ3v) is 6.14. The highest BCUT2D eigenvalue weighted by Gasteiger charge is 2.54. The Bertz CT molecular complexity index is 704. The van der Waals surface area contributed by atoms with Gasteiger partial charge in [0.15, 0.2) is 0 Å². The second-order valence-electron chi connectivity index (χ2n) is 6.26. The number of carbonyl (C=O) groups is 1. The predicted octanol–water partition coefficient (Wildman–Crippen LogP) is 0.973. The fourth-order valence-corrected chi connectivity index (χ4v) is 4.90. The fraction of sp³-hybridized carbons (Fsp3) is 0.562. The Balaban J connectivity index is 1.72. The summed E-state index contributed by atoms with van der Waals surface area (Å²) in [6.07, 6.45) is 0.944. The van der Waals surface area contributed by atoms with Crippen LogP contribution in [-0.2, 0) is 24.3 Å². The molecule has 2 aliphatic rings. The third-order valence-electron chi connectivity index (χ3n) is 4.66. The van der Waals surface area contributed by atoms with E-state index in [-0.39, 0.29) is 34.8 Å². The number of carbonyl (C=O) groups excluding carboxylic acids is 1. The van der Waals surface area contributed by atoms with Gasteiger partial charge in [-0.1, -0.05) is 0 Å². The van der Waals surface area contributed by atoms with Crippen LogP contribution in [0.5, 0.6) is 0 Å². The second kappa shape index (κ2) is 6.79. The van der Waals surface area contributed by atoms with Crippen molar-refractivity contribution in [2.45, 2.75) is 30.4 Å². The molecule has 2 fully saturated rings. The molecule has 24 heavy (non-hydrogen) atoms. The van der Waals surface area contributed by atoms with E-state index >= 15 is 0 Å². The number of anilines is 1. The Labute approximate surface area is 141 Å². The first-order valence-corrected chi connectivity index (χ1v) is 9.41. The van der Waals surface area contributed by atoms with Crippen molar-refractivity contribution < 1.29 is 22.7 Å². The van der Waals surface area contributed by atoms with Crippen molar-refractivity contribution >= 4 is 21.6 Å². The number of hydrogen-bond donors (Lipinski definition) is 2. The Hall–Kier alpha value is -1.48. The summed E-state index contributed by atoms with van der Waals surface area (Å²) in [4.78, 5) is 11.2. The van der Waals surface area contributed by atoms with Gasteiger partial charge in [0, 0.05) is 44.2 Å². The van der Waals surface area contributed by atoms with Crippen molar-refractivity contribution in [3.05, 3.63) is 24.3 Å².